The van der Waals surface area contributed by atoms with Gasteiger partial charge in [0.05, 0.1) is 6.10 Å². The fraction of sp³-hybridized carbons (Fsp3) is 1.00. The molecule has 4 heteroatoms. The van der Waals surface area contributed by atoms with Crippen LogP contribution in [-0.2, 0) is 9.09 Å². The normalized spacial score (nSPS) is 13.9. The van der Waals surface area contributed by atoms with Crippen molar-refractivity contribution < 1.29 is 14.0 Å². The topological polar surface area (TPSA) is 46.5 Å². The van der Waals surface area contributed by atoms with Gasteiger partial charge >= 0.3 is 8.25 Å². The van der Waals surface area contributed by atoms with Gasteiger partial charge < -0.3 is 9.42 Å². The van der Waals surface area contributed by atoms with Crippen molar-refractivity contribution in [3.05, 3.63) is 0 Å². The first-order valence-corrected chi connectivity index (χ1v) is 12.3. The van der Waals surface area contributed by atoms with Crippen LogP contribution in [0.5, 0.6) is 0 Å². The molecular weight excluding hydrogens is 331 g/mol. The molecule has 152 valence electrons. The molecule has 0 aliphatic rings. The Balaban J connectivity index is 3.06. The van der Waals surface area contributed by atoms with Crippen LogP contribution in [0.3, 0.4) is 0 Å². The van der Waals surface area contributed by atoms with Gasteiger partial charge in [-0.2, -0.15) is 0 Å². The molecule has 0 aromatic rings. The fourth-order valence-electron chi connectivity index (χ4n) is 3.39. The summed E-state index contributed by atoms with van der Waals surface area (Å²) < 4.78 is 15.4. The lowest BCUT2D eigenvalue weighted by molar-refractivity contribution is 0.192. The first-order valence-electron chi connectivity index (χ1n) is 11.1. The molecule has 0 aliphatic carbocycles. The van der Waals surface area contributed by atoms with E-state index in [0.29, 0.717) is 0 Å². The molecule has 25 heavy (non-hydrogen) atoms. The van der Waals surface area contributed by atoms with Gasteiger partial charge in [-0.15, -0.1) is 0 Å². The predicted octanol–water partition coefficient (Wildman–Crippen LogP) is 7.82. The van der Waals surface area contributed by atoms with Gasteiger partial charge in [0.2, 0.25) is 0 Å². The average molecular weight is 377 g/mol. The number of hydrogen-bond donors (Lipinski definition) is 1. The first-order chi connectivity index (χ1) is 12.2. The molecule has 0 fully saturated rings. The number of hydrogen-bond acceptors (Lipinski definition) is 2. The lowest BCUT2D eigenvalue weighted by Gasteiger charge is -2.09. The van der Waals surface area contributed by atoms with Crippen LogP contribution in [0.4, 0.5) is 0 Å². The van der Waals surface area contributed by atoms with Gasteiger partial charge in [0.25, 0.3) is 0 Å². The van der Waals surface area contributed by atoms with Gasteiger partial charge in [-0.3, -0.25) is 4.57 Å². The molecule has 1 N–H and O–H groups in total. The van der Waals surface area contributed by atoms with Crippen molar-refractivity contribution in [2.75, 3.05) is 0 Å². The fourth-order valence-corrected chi connectivity index (χ4v) is 3.85. The zero-order valence-corrected chi connectivity index (χ0v) is 18.1. The van der Waals surface area contributed by atoms with Gasteiger partial charge in [0, 0.05) is 0 Å². The number of unbranched alkanes of at least 4 members (excludes halogenated alkanes) is 16. The van der Waals surface area contributed by atoms with Crippen LogP contribution < -0.4 is 0 Å². The summed E-state index contributed by atoms with van der Waals surface area (Å²) in [6.45, 7) is 4.16. The van der Waals surface area contributed by atoms with Crippen LogP contribution in [0.2, 0.25) is 0 Å². The van der Waals surface area contributed by atoms with Crippen molar-refractivity contribution in [2.45, 2.75) is 136 Å². The van der Waals surface area contributed by atoms with Crippen molar-refractivity contribution in [1.82, 2.24) is 0 Å². The highest BCUT2D eigenvalue weighted by Crippen LogP contribution is 2.21. The third-order valence-corrected chi connectivity index (χ3v) is 5.62. The predicted molar refractivity (Wildman–Crippen MR) is 111 cm³/mol. The van der Waals surface area contributed by atoms with E-state index in [4.69, 9.17) is 9.42 Å². The van der Waals surface area contributed by atoms with E-state index in [-0.39, 0.29) is 6.10 Å². The van der Waals surface area contributed by atoms with Crippen LogP contribution in [0.15, 0.2) is 0 Å². The molecule has 2 unspecified atom stereocenters. The summed E-state index contributed by atoms with van der Waals surface area (Å²) in [6.07, 6.45) is 24.2. The molecule has 0 aromatic heterocycles. The van der Waals surface area contributed by atoms with Crippen molar-refractivity contribution in [3.8, 4) is 0 Å². The highest BCUT2D eigenvalue weighted by Gasteiger charge is 2.04. The lowest BCUT2D eigenvalue weighted by atomic mass is 10.0. The molecule has 0 aromatic carbocycles. The molecule has 0 radical (unpaired) electrons. The Morgan fingerprint density at radius 2 is 1.00 bits per heavy atom. The molecule has 0 amide bonds. The van der Waals surface area contributed by atoms with Crippen LogP contribution in [0, 0.1) is 0 Å². The van der Waals surface area contributed by atoms with Crippen molar-refractivity contribution >= 4 is 8.25 Å². The van der Waals surface area contributed by atoms with E-state index < -0.39 is 8.25 Å². The maximum Gasteiger partial charge on any atom is 0.316 e. The van der Waals surface area contributed by atoms with Gasteiger partial charge in [-0.25, -0.2) is 0 Å². The Bertz CT molecular complexity index is 284. The van der Waals surface area contributed by atoms with E-state index in [9.17, 15) is 4.57 Å². The lowest BCUT2D eigenvalue weighted by Crippen LogP contribution is -2.02. The van der Waals surface area contributed by atoms with E-state index in [0.717, 1.165) is 12.8 Å². The quantitative estimate of drug-likeness (QED) is 0.174. The Morgan fingerprint density at radius 3 is 1.32 bits per heavy atom. The molecule has 0 bridgehead atoms. The number of rotatable bonds is 20. The van der Waals surface area contributed by atoms with E-state index in [1.54, 1.807) is 0 Å². The molecule has 0 saturated heterocycles. The summed E-state index contributed by atoms with van der Waals surface area (Å²) in [4.78, 5) is 8.69. The van der Waals surface area contributed by atoms with Crippen LogP contribution >= 0.6 is 8.25 Å². The maximum absolute atomic E-state index is 10.6. The highest BCUT2D eigenvalue weighted by atomic mass is 31.1. The Labute approximate surface area is 158 Å². The van der Waals surface area contributed by atoms with Crippen LogP contribution in [-0.4, -0.2) is 11.0 Å². The largest absolute Gasteiger partial charge is 0.326 e. The molecule has 0 spiro atoms. The molecule has 3 nitrogen and oxygen atoms in total. The molecule has 2 atom stereocenters. The standard InChI is InChI=1S/C21H45O3P/c1-3-4-5-6-7-8-9-10-11-12-13-14-15-16-17-18-19-20-21(2)24-25(22)23/h21,25H,3-20H2,1-2H3,(H,22,23). The van der Waals surface area contributed by atoms with Crippen molar-refractivity contribution in [3.63, 3.8) is 0 Å². The van der Waals surface area contributed by atoms with Gasteiger partial charge in [-0.05, 0) is 13.3 Å². The van der Waals surface area contributed by atoms with Gasteiger partial charge in [0.1, 0.15) is 0 Å². The second-order valence-corrected chi connectivity index (χ2v) is 8.41. The zero-order valence-electron chi connectivity index (χ0n) is 17.1. The van der Waals surface area contributed by atoms with Crippen molar-refractivity contribution in [2.24, 2.45) is 0 Å². The van der Waals surface area contributed by atoms with Crippen LogP contribution in [0.25, 0.3) is 0 Å². The molecular formula is C21H45O3P. The van der Waals surface area contributed by atoms with E-state index in [1.807, 2.05) is 6.92 Å². The SMILES string of the molecule is CCCCCCCCCCCCCCCCCCCC(C)O[PH](=O)O. The zero-order chi connectivity index (χ0) is 18.6. The molecule has 0 heterocycles. The first kappa shape index (κ1) is 25.1. The van der Waals surface area contributed by atoms with Gasteiger partial charge in [0.15, 0.2) is 0 Å². The van der Waals surface area contributed by atoms with Crippen LogP contribution in [0.1, 0.15) is 129 Å². The summed E-state index contributed by atoms with van der Waals surface area (Å²) in [5.74, 6) is 0. The van der Waals surface area contributed by atoms with E-state index >= 15 is 0 Å². The minimum absolute atomic E-state index is 0.0762. The van der Waals surface area contributed by atoms with E-state index in [1.165, 1.54) is 103 Å². The Hall–Kier alpha value is 0.150. The minimum atomic E-state index is -2.76. The molecule has 0 aliphatic heterocycles. The van der Waals surface area contributed by atoms with Crippen molar-refractivity contribution in [1.29, 1.82) is 0 Å². The third kappa shape index (κ3) is 22.1. The summed E-state index contributed by atoms with van der Waals surface area (Å²) in [5.41, 5.74) is 0. The minimum Gasteiger partial charge on any atom is -0.326 e. The summed E-state index contributed by atoms with van der Waals surface area (Å²) in [7, 11) is -2.76. The Kier molecular flexibility index (Phi) is 20.6. The third-order valence-electron chi connectivity index (χ3n) is 5.02. The molecule has 0 rings (SSSR count). The monoisotopic (exact) mass is 376 g/mol. The summed E-state index contributed by atoms with van der Waals surface area (Å²) >= 11 is 0. The molecule has 0 saturated carbocycles. The summed E-state index contributed by atoms with van der Waals surface area (Å²) in [6, 6.07) is 0. The average Bonchev–Trinajstić information content (AvgIpc) is 2.57. The second kappa shape index (κ2) is 20.5. The summed E-state index contributed by atoms with van der Waals surface area (Å²) in [5, 5.41) is 0. The maximum atomic E-state index is 10.6. The van der Waals surface area contributed by atoms with Gasteiger partial charge in [-0.1, -0.05) is 116 Å². The Morgan fingerprint density at radius 1 is 0.680 bits per heavy atom. The highest BCUT2D eigenvalue weighted by molar-refractivity contribution is 7.32. The second-order valence-electron chi connectivity index (χ2n) is 7.64. The smallest absolute Gasteiger partial charge is 0.316 e. The van der Waals surface area contributed by atoms with E-state index in [2.05, 4.69) is 6.92 Å².